The molecule has 1 fully saturated rings. The molecule has 0 bridgehead atoms. The van der Waals surface area contributed by atoms with Gasteiger partial charge in [0.25, 0.3) is 0 Å². The van der Waals surface area contributed by atoms with Crippen LogP contribution in [0, 0.1) is 0 Å². The molecule has 0 aromatic carbocycles. The van der Waals surface area contributed by atoms with Crippen LogP contribution in [-0.2, 0) is 0 Å². The van der Waals surface area contributed by atoms with E-state index in [1.54, 1.807) is 6.07 Å². The molecule has 2 aromatic heterocycles. The average molecular weight is 279 g/mol. The lowest BCUT2D eigenvalue weighted by molar-refractivity contribution is 0.472. The zero-order valence-corrected chi connectivity index (χ0v) is 11.6. The van der Waals surface area contributed by atoms with Gasteiger partial charge in [0.15, 0.2) is 5.65 Å². The molecule has 1 aliphatic carbocycles. The second kappa shape index (κ2) is 5.24. The fourth-order valence-electron chi connectivity index (χ4n) is 2.54. The van der Waals surface area contributed by atoms with Gasteiger partial charge in [0, 0.05) is 17.4 Å². The molecule has 3 rings (SSSR count). The molecule has 1 aliphatic rings. The van der Waals surface area contributed by atoms with Gasteiger partial charge in [-0.05, 0) is 31.9 Å². The first-order valence-electron chi connectivity index (χ1n) is 6.48. The second-order valence-electron chi connectivity index (χ2n) is 4.88. The molecule has 0 radical (unpaired) electrons. The van der Waals surface area contributed by atoms with Crippen molar-refractivity contribution in [1.29, 1.82) is 0 Å². The summed E-state index contributed by atoms with van der Waals surface area (Å²) in [5.41, 5.74) is 0.342. The Morgan fingerprint density at radius 3 is 2.95 bits per heavy atom. The van der Waals surface area contributed by atoms with Crippen LogP contribution in [0.4, 0.5) is 5.82 Å². The molecule has 7 heteroatoms. The number of anilines is 1. The summed E-state index contributed by atoms with van der Waals surface area (Å²) >= 11 is 1.96. The predicted octanol–water partition coefficient (Wildman–Crippen LogP) is 1.50. The first-order valence-corrected chi connectivity index (χ1v) is 7.77. The monoisotopic (exact) mass is 279 g/mol. The van der Waals surface area contributed by atoms with E-state index >= 15 is 0 Å². The molecule has 0 amide bonds. The minimum absolute atomic E-state index is 0.255. The third kappa shape index (κ3) is 2.60. The zero-order chi connectivity index (χ0) is 13.2. The van der Waals surface area contributed by atoms with Crippen LogP contribution in [0.5, 0.6) is 0 Å². The number of hydrogen-bond donors (Lipinski definition) is 2. The van der Waals surface area contributed by atoms with Gasteiger partial charge >= 0.3 is 5.69 Å². The Morgan fingerprint density at radius 1 is 1.42 bits per heavy atom. The Morgan fingerprint density at radius 2 is 2.21 bits per heavy atom. The maximum atomic E-state index is 11.3. The first kappa shape index (κ1) is 12.5. The molecule has 0 saturated heterocycles. The Kier molecular flexibility index (Phi) is 3.46. The highest BCUT2D eigenvalue weighted by Crippen LogP contribution is 2.28. The second-order valence-corrected chi connectivity index (χ2v) is 6.02. The number of thioether (sulfide) groups is 1. The summed E-state index contributed by atoms with van der Waals surface area (Å²) in [4.78, 5) is 15.6. The molecule has 0 unspecified atom stereocenters. The van der Waals surface area contributed by atoms with Gasteiger partial charge in [-0.3, -0.25) is 0 Å². The summed E-state index contributed by atoms with van der Waals surface area (Å²) in [7, 11) is 0. The number of nitrogens with one attached hydrogen (secondary N) is 2. The van der Waals surface area contributed by atoms with Crippen LogP contribution in [0.2, 0.25) is 0 Å². The van der Waals surface area contributed by atoms with Crippen LogP contribution in [0.15, 0.2) is 17.2 Å². The summed E-state index contributed by atoms with van der Waals surface area (Å²) in [5.74, 6) is 0.791. The molecule has 19 heavy (non-hydrogen) atoms. The molecule has 0 atom stereocenters. The quantitative estimate of drug-likeness (QED) is 0.890. The summed E-state index contributed by atoms with van der Waals surface area (Å²) in [5, 5.41) is 10.6. The maximum Gasteiger partial charge on any atom is 0.348 e. The molecular weight excluding hydrogens is 262 g/mol. The highest BCUT2D eigenvalue weighted by Gasteiger charge is 2.20. The van der Waals surface area contributed by atoms with Gasteiger partial charge in [-0.1, -0.05) is 0 Å². The highest BCUT2D eigenvalue weighted by molar-refractivity contribution is 7.99. The van der Waals surface area contributed by atoms with Crippen LogP contribution < -0.4 is 11.0 Å². The zero-order valence-electron chi connectivity index (χ0n) is 10.8. The van der Waals surface area contributed by atoms with Crippen molar-refractivity contribution in [1.82, 2.24) is 19.6 Å². The van der Waals surface area contributed by atoms with Crippen LogP contribution in [0.1, 0.15) is 25.7 Å². The average Bonchev–Trinajstić information content (AvgIpc) is 2.81. The minimum Gasteiger partial charge on any atom is -0.367 e. The van der Waals surface area contributed by atoms with Gasteiger partial charge in [-0.2, -0.15) is 16.9 Å². The third-order valence-corrected chi connectivity index (χ3v) is 4.81. The SMILES string of the molecule is CSC1CCC(Nc2cc3n[nH]c(=O)n3cn2)CC1. The normalized spacial score (nSPS) is 23.6. The van der Waals surface area contributed by atoms with Crippen molar-refractivity contribution in [3.63, 3.8) is 0 Å². The standard InChI is InChI=1S/C12H17N5OS/c1-19-9-4-2-8(3-5-9)14-10-6-11-15-16-12(18)17(11)7-13-10/h6-9,14H,2-5H2,1H3,(H,16,18). The van der Waals surface area contributed by atoms with E-state index in [4.69, 9.17) is 0 Å². The van der Waals surface area contributed by atoms with Gasteiger partial charge < -0.3 is 5.32 Å². The van der Waals surface area contributed by atoms with E-state index in [0.29, 0.717) is 11.7 Å². The van der Waals surface area contributed by atoms with Crippen LogP contribution in [0.25, 0.3) is 5.65 Å². The van der Waals surface area contributed by atoms with Gasteiger partial charge in [0.2, 0.25) is 0 Å². The summed E-state index contributed by atoms with van der Waals surface area (Å²) in [6.07, 6.45) is 8.55. The van der Waals surface area contributed by atoms with E-state index in [1.165, 1.54) is 36.4 Å². The van der Waals surface area contributed by atoms with Gasteiger partial charge in [0.05, 0.1) is 0 Å². The minimum atomic E-state index is -0.255. The van der Waals surface area contributed by atoms with Crippen molar-refractivity contribution in [3.05, 3.63) is 22.9 Å². The molecular formula is C12H17N5OS. The Labute approximate surface area is 115 Å². The van der Waals surface area contributed by atoms with Gasteiger partial charge in [-0.25, -0.2) is 19.3 Å². The Bertz CT molecular complexity index is 614. The third-order valence-electron chi connectivity index (χ3n) is 3.67. The lowest BCUT2D eigenvalue weighted by Gasteiger charge is -2.28. The number of H-pyrrole nitrogens is 1. The number of hydrogen-bond acceptors (Lipinski definition) is 5. The lowest BCUT2D eigenvalue weighted by atomic mass is 9.95. The highest BCUT2D eigenvalue weighted by atomic mass is 32.2. The molecule has 2 aromatic rings. The molecule has 6 nitrogen and oxygen atoms in total. The van der Waals surface area contributed by atoms with Gasteiger partial charge in [-0.15, -0.1) is 0 Å². The summed E-state index contributed by atoms with van der Waals surface area (Å²) < 4.78 is 1.40. The van der Waals surface area contributed by atoms with E-state index in [0.717, 1.165) is 11.1 Å². The number of fused-ring (bicyclic) bond motifs is 1. The largest absolute Gasteiger partial charge is 0.367 e. The van der Waals surface area contributed by atoms with Crippen molar-refractivity contribution in [3.8, 4) is 0 Å². The fourth-order valence-corrected chi connectivity index (χ4v) is 3.28. The van der Waals surface area contributed by atoms with E-state index in [-0.39, 0.29) is 5.69 Å². The molecule has 1 saturated carbocycles. The van der Waals surface area contributed by atoms with Crippen molar-refractivity contribution in [2.45, 2.75) is 37.0 Å². The van der Waals surface area contributed by atoms with Crippen molar-refractivity contribution in [2.24, 2.45) is 0 Å². The topological polar surface area (TPSA) is 75.1 Å². The Balaban J connectivity index is 1.70. The Hall–Kier alpha value is -1.50. The summed E-state index contributed by atoms with van der Waals surface area (Å²) in [6.45, 7) is 0. The molecule has 2 N–H and O–H groups in total. The van der Waals surface area contributed by atoms with Crippen molar-refractivity contribution < 1.29 is 0 Å². The predicted molar refractivity (Wildman–Crippen MR) is 76.8 cm³/mol. The van der Waals surface area contributed by atoms with E-state index in [2.05, 4.69) is 26.8 Å². The number of nitrogens with zero attached hydrogens (tertiary/aromatic N) is 3. The number of aromatic amines is 1. The first-order chi connectivity index (χ1) is 9.26. The van der Waals surface area contributed by atoms with E-state index in [9.17, 15) is 4.79 Å². The van der Waals surface area contributed by atoms with Gasteiger partial charge in [0.1, 0.15) is 12.1 Å². The fraction of sp³-hybridized carbons (Fsp3) is 0.583. The van der Waals surface area contributed by atoms with Crippen molar-refractivity contribution >= 4 is 23.2 Å². The van der Waals surface area contributed by atoms with Crippen molar-refractivity contribution in [2.75, 3.05) is 11.6 Å². The molecule has 0 aliphatic heterocycles. The molecule has 0 spiro atoms. The number of rotatable bonds is 3. The maximum absolute atomic E-state index is 11.3. The lowest BCUT2D eigenvalue weighted by Crippen LogP contribution is -2.27. The van der Waals surface area contributed by atoms with Crippen LogP contribution in [-0.4, -0.2) is 37.1 Å². The summed E-state index contributed by atoms with van der Waals surface area (Å²) in [6, 6.07) is 2.28. The van der Waals surface area contributed by atoms with Crippen LogP contribution >= 0.6 is 11.8 Å². The van der Waals surface area contributed by atoms with E-state index < -0.39 is 0 Å². The van der Waals surface area contributed by atoms with Crippen LogP contribution in [0.3, 0.4) is 0 Å². The molecule has 2 heterocycles. The smallest absolute Gasteiger partial charge is 0.348 e. The molecule has 102 valence electrons. The number of aromatic nitrogens is 4. The van der Waals surface area contributed by atoms with E-state index in [1.807, 2.05) is 11.8 Å².